The minimum atomic E-state index is -0.166. The highest BCUT2D eigenvalue weighted by Crippen LogP contribution is 2.27. The second-order valence-corrected chi connectivity index (χ2v) is 6.07. The van der Waals surface area contributed by atoms with Gasteiger partial charge in [-0.15, -0.1) is 11.3 Å². The molecule has 0 aliphatic carbocycles. The highest BCUT2D eigenvalue weighted by Gasteiger charge is 2.14. The molecule has 1 aromatic carbocycles. The lowest BCUT2D eigenvalue weighted by atomic mass is 10.2. The van der Waals surface area contributed by atoms with Crippen LogP contribution >= 0.6 is 22.9 Å². The third-order valence-electron chi connectivity index (χ3n) is 2.70. The average Bonchev–Trinajstić information content (AvgIpc) is 2.83. The number of hydrogen-bond acceptors (Lipinski definition) is 3. The van der Waals surface area contributed by atoms with Gasteiger partial charge in [-0.1, -0.05) is 37.6 Å². The van der Waals surface area contributed by atoms with Crippen LogP contribution in [0.2, 0.25) is 5.02 Å². The summed E-state index contributed by atoms with van der Waals surface area (Å²) in [6.07, 6.45) is 1.61. The zero-order valence-electron chi connectivity index (χ0n) is 11.0. The summed E-state index contributed by atoms with van der Waals surface area (Å²) in [4.78, 5) is 17.0. The zero-order chi connectivity index (χ0) is 14.0. The van der Waals surface area contributed by atoms with E-state index in [9.17, 15) is 4.79 Å². The number of aromatic nitrogens is 1. The first-order valence-corrected chi connectivity index (χ1v) is 7.20. The molecule has 0 unspecified atom stereocenters. The Bertz CT molecular complexity index is 587. The molecule has 5 heteroatoms. The van der Waals surface area contributed by atoms with Crippen LogP contribution in [-0.2, 0) is 0 Å². The van der Waals surface area contributed by atoms with Crippen molar-refractivity contribution in [3.8, 4) is 0 Å². The molecule has 0 aliphatic heterocycles. The normalized spacial score (nSPS) is 10.8. The Morgan fingerprint density at radius 1 is 1.42 bits per heavy atom. The number of aryl methyl sites for hydroxylation is 1. The highest BCUT2D eigenvalue weighted by molar-refractivity contribution is 7.13. The Balaban J connectivity index is 2.21. The van der Waals surface area contributed by atoms with Gasteiger partial charge in [-0.2, -0.15) is 0 Å². The quantitative estimate of drug-likeness (QED) is 0.907. The van der Waals surface area contributed by atoms with E-state index in [0.717, 1.165) is 10.6 Å². The Kier molecular flexibility index (Phi) is 4.22. The van der Waals surface area contributed by atoms with Crippen LogP contribution in [0, 0.1) is 6.92 Å². The minimum absolute atomic E-state index is 0.166. The lowest BCUT2D eigenvalue weighted by Crippen LogP contribution is -2.11. The number of nitrogens with zero attached hydrogens (tertiary/aromatic N) is 1. The topological polar surface area (TPSA) is 42.0 Å². The SMILES string of the molecule is Cc1cccc(Cl)c1NC(=O)c1cnc(C(C)C)s1. The molecule has 3 nitrogen and oxygen atoms in total. The summed E-state index contributed by atoms with van der Waals surface area (Å²) in [6, 6.07) is 5.53. The predicted octanol–water partition coefficient (Wildman–Crippen LogP) is 4.48. The maximum atomic E-state index is 12.2. The van der Waals surface area contributed by atoms with Crippen LogP contribution in [0.1, 0.15) is 40.0 Å². The van der Waals surface area contributed by atoms with E-state index >= 15 is 0 Å². The van der Waals surface area contributed by atoms with Crippen LogP contribution in [0.25, 0.3) is 0 Å². The first kappa shape index (κ1) is 14.0. The van der Waals surface area contributed by atoms with Gasteiger partial charge in [-0.3, -0.25) is 4.79 Å². The first-order valence-electron chi connectivity index (χ1n) is 6.01. The molecule has 19 heavy (non-hydrogen) atoms. The molecule has 0 radical (unpaired) electrons. The van der Waals surface area contributed by atoms with Crippen molar-refractivity contribution in [2.45, 2.75) is 26.7 Å². The van der Waals surface area contributed by atoms with Crippen molar-refractivity contribution >= 4 is 34.5 Å². The second-order valence-electron chi connectivity index (χ2n) is 4.60. The second kappa shape index (κ2) is 5.72. The zero-order valence-corrected chi connectivity index (χ0v) is 12.6. The van der Waals surface area contributed by atoms with E-state index in [1.165, 1.54) is 11.3 Å². The van der Waals surface area contributed by atoms with E-state index in [0.29, 0.717) is 21.5 Å². The lowest BCUT2D eigenvalue weighted by Gasteiger charge is -2.08. The third-order valence-corrected chi connectivity index (χ3v) is 4.31. The van der Waals surface area contributed by atoms with Gasteiger partial charge in [-0.25, -0.2) is 4.98 Å². The fraction of sp³-hybridized carbons (Fsp3) is 0.286. The Hall–Kier alpha value is -1.39. The lowest BCUT2D eigenvalue weighted by molar-refractivity contribution is 0.103. The molecule has 1 amide bonds. The molecule has 1 aromatic heterocycles. The van der Waals surface area contributed by atoms with E-state index in [-0.39, 0.29) is 5.91 Å². The van der Waals surface area contributed by atoms with Crippen LogP contribution in [0.4, 0.5) is 5.69 Å². The maximum Gasteiger partial charge on any atom is 0.267 e. The number of benzene rings is 1. The van der Waals surface area contributed by atoms with Crippen LogP contribution < -0.4 is 5.32 Å². The summed E-state index contributed by atoms with van der Waals surface area (Å²) in [5.41, 5.74) is 1.60. The van der Waals surface area contributed by atoms with Gasteiger partial charge >= 0.3 is 0 Å². The van der Waals surface area contributed by atoms with Crippen LogP contribution in [0.3, 0.4) is 0 Å². The number of carbonyl (C=O) groups excluding carboxylic acids is 1. The molecule has 0 spiro atoms. The monoisotopic (exact) mass is 294 g/mol. The number of hydrogen-bond donors (Lipinski definition) is 1. The molecule has 100 valence electrons. The summed E-state index contributed by atoms with van der Waals surface area (Å²) in [7, 11) is 0. The smallest absolute Gasteiger partial charge is 0.267 e. The number of rotatable bonds is 3. The van der Waals surface area contributed by atoms with Crippen molar-refractivity contribution in [3.63, 3.8) is 0 Å². The van der Waals surface area contributed by atoms with Gasteiger partial charge in [0.25, 0.3) is 5.91 Å². The molecule has 2 rings (SSSR count). The van der Waals surface area contributed by atoms with Gasteiger partial charge in [0.1, 0.15) is 4.88 Å². The highest BCUT2D eigenvalue weighted by atomic mass is 35.5. The van der Waals surface area contributed by atoms with Crippen LogP contribution in [-0.4, -0.2) is 10.9 Å². The molecule has 0 aliphatic rings. The van der Waals surface area contributed by atoms with Crippen molar-refractivity contribution in [2.24, 2.45) is 0 Å². The van der Waals surface area contributed by atoms with E-state index < -0.39 is 0 Å². The van der Waals surface area contributed by atoms with Crippen molar-refractivity contribution in [1.82, 2.24) is 4.98 Å². The van der Waals surface area contributed by atoms with Gasteiger partial charge in [0.05, 0.1) is 21.9 Å². The van der Waals surface area contributed by atoms with Crippen molar-refractivity contribution in [2.75, 3.05) is 5.32 Å². The number of thiazole rings is 1. The number of amides is 1. The molecular weight excluding hydrogens is 280 g/mol. The van der Waals surface area contributed by atoms with Gasteiger partial charge in [-0.05, 0) is 18.6 Å². The fourth-order valence-corrected chi connectivity index (χ4v) is 2.71. The number of anilines is 1. The van der Waals surface area contributed by atoms with Gasteiger partial charge in [0, 0.05) is 5.92 Å². The molecule has 0 fully saturated rings. The minimum Gasteiger partial charge on any atom is -0.320 e. The number of halogens is 1. The summed E-state index contributed by atoms with van der Waals surface area (Å²) >= 11 is 7.50. The number of carbonyl (C=O) groups is 1. The molecule has 1 heterocycles. The van der Waals surface area contributed by atoms with E-state index in [1.54, 1.807) is 12.3 Å². The Labute approximate surface area is 121 Å². The van der Waals surface area contributed by atoms with Crippen molar-refractivity contribution in [1.29, 1.82) is 0 Å². The molecule has 1 N–H and O–H groups in total. The third kappa shape index (κ3) is 3.14. The first-order chi connectivity index (χ1) is 8.99. The molecule has 0 atom stereocenters. The maximum absolute atomic E-state index is 12.2. The summed E-state index contributed by atoms with van der Waals surface area (Å²) in [5, 5.41) is 4.35. The molecule has 2 aromatic rings. The van der Waals surface area contributed by atoms with Gasteiger partial charge < -0.3 is 5.32 Å². The largest absolute Gasteiger partial charge is 0.320 e. The van der Waals surface area contributed by atoms with Gasteiger partial charge in [0.2, 0.25) is 0 Å². The van der Waals surface area contributed by atoms with Crippen LogP contribution in [0.15, 0.2) is 24.4 Å². The number of nitrogens with one attached hydrogen (secondary N) is 1. The van der Waals surface area contributed by atoms with Crippen molar-refractivity contribution < 1.29 is 4.79 Å². The Morgan fingerprint density at radius 3 is 2.74 bits per heavy atom. The summed E-state index contributed by atoms with van der Waals surface area (Å²) < 4.78 is 0. The Morgan fingerprint density at radius 2 is 2.16 bits per heavy atom. The molecule has 0 saturated carbocycles. The molecule has 0 saturated heterocycles. The molecular formula is C14H15ClN2OS. The summed E-state index contributed by atoms with van der Waals surface area (Å²) in [6.45, 7) is 6.02. The van der Waals surface area contributed by atoms with E-state index in [1.807, 2.05) is 19.1 Å². The fourth-order valence-electron chi connectivity index (χ4n) is 1.62. The van der Waals surface area contributed by atoms with Gasteiger partial charge in [0.15, 0.2) is 0 Å². The van der Waals surface area contributed by atoms with E-state index in [2.05, 4.69) is 24.1 Å². The van der Waals surface area contributed by atoms with Crippen molar-refractivity contribution in [3.05, 3.63) is 44.9 Å². The molecule has 0 bridgehead atoms. The van der Waals surface area contributed by atoms with E-state index in [4.69, 9.17) is 11.6 Å². The predicted molar refractivity (Wildman–Crippen MR) is 80.3 cm³/mol. The number of para-hydroxylation sites is 1. The summed E-state index contributed by atoms with van der Waals surface area (Å²) in [5.74, 6) is 0.161. The average molecular weight is 295 g/mol. The van der Waals surface area contributed by atoms with Crippen LogP contribution in [0.5, 0.6) is 0 Å². The standard InChI is InChI=1S/C14H15ClN2OS/c1-8(2)14-16-7-11(19-14)13(18)17-12-9(3)5-4-6-10(12)15/h4-8H,1-3H3,(H,17,18).